The van der Waals surface area contributed by atoms with Crippen molar-refractivity contribution in [2.24, 2.45) is 0 Å². The van der Waals surface area contributed by atoms with Crippen molar-refractivity contribution in [2.45, 2.75) is 36.6 Å². The van der Waals surface area contributed by atoms with E-state index in [9.17, 15) is 8.42 Å². The van der Waals surface area contributed by atoms with Gasteiger partial charge in [-0.3, -0.25) is 0 Å². The van der Waals surface area contributed by atoms with E-state index in [-0.39, 0.29) is 17.2 Å². The largest absolute Gasteiger partial charge is 0.372 e. The van der Waals surface area contributed by atoms with Crippen LogP contribution in [0.2, 0.25) is 0 Å². The Hall–Kier alpha value is -1.02. The van der Waals surface area contributed by atoms with Crippen molar-refractivity contribution in [3.8, 4) is 0 Å². The van der Waals surface area contributed by atoms with E-state index in [4.69, 9.17) is 4.74 Å². The lowest BCUT2D eigenvalue weighted by molar-refractivity contribution is -0.0115. The first-order chi connectivity index (χ1) is 9.59. The molecule has 2 atom stereocenters. The Labute approximate surface area is 119 Å². The highest BCUT2D eigenvalue weighted by Crippen LogP contribution is 2.29. The summed E-state index contributed by atoms with van der Waals surface area (Å²) in [5.41, 5.74) is 0.966. The van der Waals surface area contributed by atoms with Crippen molar-refractivity contribution in [1.29, 1.82) is 0 Å². The van der Waals surface area contributed by atoms with Crippen LogP contribution in [0.1, 0.15) is 18.4 Å². The Bertz CT molecular complexity index is 561. The molecule has 1 aromatic heterocycles. The quantitative estimate of drug-likeness (QED) is 0.868. The fourth-order valence-electron chi connectivity index (χ4n) is 2.78. The van der Waals surface area contributed by atoms with Crippen molar-refractivity contribution in [3.63, 3.8) is 0 Å². The van der Waals surface area contributed by atoms with Gasteiger partial charge in [-0.25, -0.2) is 13.4 Å². The summed E-state index contributed by atoms with van der Waals surface area (Å²) in [5, 5.41) is 3.13. The molecular formula is C13H19N3O3S. The summed E-state index contributed by atoms with van der Waals surface area (Å²) in [7, 11) is -1.66. The van der Waals surface area contributed by atoms with Crippen LogP contribution in [-0.2, 0) is 21.3 Å². The molecular weight excluding hydrogens is 278 g/mol. The van der Waals surface area contributed by atoms with Gasteiger partial charge in [-0.05, 0) is 31.5 Å². The summed E-state index contributed by atoms with van der Waals surface area (Å²) >= 11 is 0. The van der Waals surface area contributed by atoms with Crippen LogP contribution in [0.15, 0.2) is 23.4 Å². The highest BCUT2D eigenvalue weighted by Gasteiger charge is 2.39. The Morgan fingerprint density at radius 1 is 1.35 bits per heavy atom. The van der Waals surface area contributed by atoms with E-state index in [1.807, 2.05) is 7.05 Å². The van der Waals surface area contributed by atoms with E-state index in [2.05, 4.69) is 10.3 Å². The minimum Gasteiger partial charge on any atom is -0.372 e. The summed E-state index contributed by atoms with van der Waals surface area (Å²) in [6, 6.07) is 3.38. The number of hydrogen-bond donors (Lipinski definition) is 1. The predicted octanol–water partition coefficient (Wildman–Crippen LogP) is 0.353. The summed E-state index contributed by atoms with van der Waals surface area (Å²) in [4.78, 5) is 4.10. The molecule has 2 aliphatic heterocycles. The topological polar surface area (TPSA) is 71.5 Å². The Morgan fingerprint density at radius 2 is 2.05 bits per heavy atom. The second-order valence-corrected chi connectivity index (χ2v) is 7.20. The lowest BCUT2D eigenvalue weighted by Gasteiger charge is -2.30. The monoisotopic (exact) mass is 297 g/mol. The third-order valence-corrected chi connectivity index (χ3v) is 5.54. The minimum absolute atomic E-state index is 0.0482. The smallest absolute Gasteiger partial charge is 0.260 e. The number of nitrogens with one attached hydrogen (secondary N) is 1. The first-order valence-corrected chi connectivity index (χ1v) is 8.29. The van der Waals surface area contributed by atoms with E-state index in [1.54, 1.807) is 18.3 Å². The van der Waals surface area contributed by atoms with Crippen molar-refractivity contribution in [1.82, 2.24) is 14.6 Å². The molecule has 0 aliphatic carbocycles. The van der Waals surface area contributed by atoms with Gasteiger partial charge in [-0.1, -0.05) is 6.07 Å². The van der Waals surface area contributed by atoms with E-state index >= 15 is 0 Å². The molecule has 0 spiro atoms. The van der Waals surface area contributed by atoms with E-state index < -0.39 is 10.0 Å². The third-order valence-electron chi connectivity index (χ3n) is 3.79. The van der Waals surface area contributed by atoms with Gasteiger partial charge in [0.25, 0.3) is 10.0 Å². The van der Waals surface area contributed by atoms with Gasteiger partial charge in [-0.2, -0.15) is 4.31 Å². The van der Waals surface area contributed by atoms with Crippen LogP contribution < -0.4 is 5.32 Å². The molecule has 1 aromatic rings. The number of fused-ring (bicyclic) bond motifs is 2. The van der Waals surface area contributed by atoms with Gasteiger partial charge in [0.15, 0.2) is 5.03 Å². The van der Waals surface area contributed by atoms with Gasteiger partial charge in [0.2, 0.25) is 0 Å². The predicted molar refractivity (Wildman–Crippen MR) is 73.7 cm³/mol. The van der Waals surface area contributed by atoms with Crippen LogP contribution in [0, 0.1) is 0 Å². The molecule has 0 aromatic carbocycles. The maximum atomic E-state index is 12.6. The van der Waals surface area contributed by atoms with Crippen LogP contribution in [-0.4, -0.2) is 50.1 Å². The highest BCUT2D eigenvalue weighted by atomic mass is 32.2. The van der Waals surface area contributed by atoms with Gasteiger partial charge >= 0.3 is 0 Å². The number of rotatable bonds is 4. The summed E-state index contributed by atoms with van der Waals surface area (Å²) < 4.78 is 32.3. The third kappa shape index (κ3) is 2.58. The zero-order valence-electron chi connectivity index (χ0n) is 11.4. The van der Waals surface area contributed by atoms with Gasteiger partial charge in [0, 0.05) is 25.8 Å². The van der Waals surface area contributed by atoms with Crippen LogP contribution >= 0.6 is 0 Å². The zero-order chi connectivity index (χ0) is 14.2. The first kappa shape index (κ1) is 13.9. The minimum atomic E-state index is -3.50. The molecule has 2 fully saturated rings. The Morgan fingerprint density at radius 3 is 2.60 bits per heavy atom. The first-order valence-electron chi connectivity index (χ1n) is 6.85. The van der Waals surface area contributed by atoms with Crippen LogP contribution in [0.4, 0.5) is 0 Å². The van der Waals surface area contributed by atoms with Crippen molar-refractivity contribution >= 4 is 10.0 Å². The standard InChI is InChI=1S/C13H19N3O3S/c1-14-6-10-2-5-13(15-7-10)20(17,18)16-8-11-3-4-12(9-16)19-11/h2,5,7,11-12,14H,3-4,6,8-9H2,1H3. The average molecular weight is 297 g/mol. The molecule has 2 saturated heterocycles. The summed E-state index contributed by atoms with van der Waals surface area (Å²) in [6.07, 6.45) is 3.61. The highest BCUT2D eigenvalue weighted by molar-refractivity contribution is 7.89. The second-order valence-electron chi connectivity index (χ2n) is 5.31. The SMILES string of the molecule is CNCc1ccc(S(=O)(=O)N2CC3CCC(C2)O3)nc1. The molecule has 2 unspecified atom stereocenters. The molecule has 3 heterocycles. The van der Waals surface area contributed by atoms with Crippen LogP contribution in [0.3, 0.4) is 0 Å². The van der Waals surface area contributed by atoms with E-state index in [0.29, 0.717) is 19.6 Å². The number of nitrogens with zero attached hydrogens (tertiary/aromatic N) is 2. The average Bonchev–Trinajstić information content (AvgIpc) is 2.78. The Balaban J connectivity index is 1.80. The maximum Gasteiger partial charge on any atom is 0.260 e. The fourth-order valence-corrected chi connectivity index (χ4v) is 4.19. The summed E-state index contributed by atoms with van der Waals surface area (Å²) in [5.74, 6) is 0. The fraction of sp³-hybridized carbons (Fsp3) is 0.615. The normalized spacial score (nSPS) is 26.9. The van der Waals surface area contributed by atoms with Gasteiger partial charge in [0.05, 0.1) is 12.2 Å². The number of ether oxygens (including phenoxy) is 1. The van der Waals surface area contributed by atoms with Gasteiger partial charge in [-0.15, -0.1) is 0 Å². The molecule has 2 aliphatic rings. The maximum absolute atomic E-state index is 12.6. The van der Waals surface area contributed by atoms with Gasteiger partial charge in [0.1, 0.15) is 0 Å². The van der Waals surface area contributed by atoms with E-state index in [1.165, 1.54) is 4.31 Å². The second kappa shape index (κ2) is 5.40. The van der Waals surface area contributed by atoms with Crippen LogP contribution in [0.5, 0.6) is 0 Å². The molecule has 1 N–H and O–H groups in total. The van der Waals surface area contributed by atoms with Crippen LogP contribution in [0.25, 0.3) is 0 Å². The molecule has 6 nitrogen and oxygen atoms in total. The van der Waals surface area contributed by atoms with E-state index in [0.717, 1.165) is 18.4 Å². The molecule has 7 heteroatoms. The molecule has 2 bridgehead atoms. The number of pyridine rings is 1. The molecule has 110 valence electrons. The number of aromatic nitrogens is 1. The molecule has 0 saturated carbocycles. The number of morpholine rings is 1. The number of sulfonamides is 1. The molecule has 20 heavy (non-hydrogen) atoms. The lowest BCUT2D eigenvalue weighted by Crippen LogP contribution is -2.45. The Kier molecular flexibility index (Phi) is 3.76. The molecule has 0 radical (unpaired) electrons. The van der Waals surface area contributed by atoms with Crippen molar-refractivity contribution in [2.75, 3.05) is 20.1 Å². The lowest BCUT2D eigenvalue weighted by atomic mass is 10.2. The molecule has 0 amide bonds. The molecule has 3 rings (SSSR count). The van der Waals surface area contributed by atoms with Crippen molar-refractivity contribution in [3.05, 3.63) is 23.9 Å². The van der Waals surface area contributed by atoms with Crippen molar-refractivity contribution < 1.29 is 13.2 Å². The van der Waals surface area contributed by atoms with Gasteiger partial charge < -0.3 is 10.1 Å². The zero-order valence-corrected chi connectivity index (χ0v) is 12.3. The number of hydrogen-bond acceptors (Lipinski definition) is 5. The summed E-state index contributed by atoms with van der Waals surface area (Å²) in [6.45, 7) is 1.56.